The summed E-state index contributed by atoms with van der Waals surface area (Å²) in [5.41, 5.74) is 1.56. The minimum Gasteiger partial charge on any atom is -0.383 e. The van der Waals surface area contributed by atoms with Gasteiger partial charge in [0.25, 0.3) is 11.6 Å². The number of hydrogen-bond donors (Lipinski definition) is 1. The Morgan fingerprint density at radius 2 is 2.07 bits per heavy atom. The summed E-state index contributed by atoms with van der Waals surface area (Å²) in [5, 5.41) is 14.4. The predicted octanol–water partition coefficient (Wildman–Crippen LogP) is 2.85. The fourth-order valence-electron chi connectivity index (χ4n) is 2.86. The van der Waals surface area contributed by atoms with Gasteiger partial charge in [-0.1, -0.05) is 0 Å². The van der Waals surface area contributed by atoms with Crippen LogP contribution in [-0.2, 0) is 11.3 Å². The maximum Gasteiger partial charge on any atom is 0.293 e. The van der Waals surface area contributed by atoms with Crippen molar-refractivity contribution in [2.45, 2.75) is 25.4 Å². The molecule has 0 spiro atoms. The number of nitrogens with one attached hydrogen (secondary N) is 1. The van der Waals surface area contributed by atoms with Crippen LogP contribution in [0.2, 0.25) is 0 Å². The van der Waals surface area contributed by atoms with Crippen LogP contribution in [0.25, 0.3) is 0 Å². The number of nitro groups is 1. The molecule has 0 bridgehead atoms. The lowest BCUT2D eigenvalue weighted by atomic mass is 10.1. The molecule has 142 valence electrons. The molecule has 1 aromatic heterocycles. The molecule has 0 atom stereocenters. The van der Waals surface area contributed by atoms with E-state index in [9.17, 15) is 14.9 Å². The molecule has 0 aliphatic heterocycles. The number of ether oxygens (including phenoxy) is 1. The quantitative estimate of drug-likeness (QED) is 0.414. The highest BCUT2D eigenvalue weighted by Gasteiger charge is 2.33. The lowest BCUT2D eigenvalue weighted by Gasteiger charge is -2.22. The summed E-state index contributed by atoms with van der Waals surface area (Å²) in [6.45, 7) is 1.34. The SMILES string of the molecule is COCCNc1ccc(C(=O)N(Cc2ccncc2)C2CC2)cc1[N+](=O)[O-]. The minimum atomic E-state index is -0.476. The zero-order valence-corrected chi connectivity index (χ0v) is 15.1. The van der Waals surface area contributed by atoms with Gasteiger partial charge < -0.3 is 15.0 Å². The zero-order chi connectivity index (χ0) is 19.2. The van der Waals surface area contributed by atoms with Crippen LogP contribution in [0.4, 0.5) is 11.4 Å². The van der Waals surface area contributed by atoms with Gasteiger partial charge in [0.2, 0.25) is 0 Å². The molecule has 0 radical (unpaired) electrons. The number of nitrogens with zero attached hydrogens (tertiary/aromatic N) is 3. The molecule has 2 aromatic rings. The number of pyridine rings is 1. The Bertz CT molecular complexity index is 809. The van der Waals surface area contributed by atoms with E-state index in [0.29, 0.717) is 30.9 Å². The van der Waals surface area contributed by atoms with Crippen LogP contribution < -0.4 is 5.32 Å². The van der Waals surface area contributed by atoms with Gasteiger partial charge in [-0.25, -0.2) is 0 Å². The summed E-state index contributed by atoms with van der Waals surface area (Å²) in [5.74, 6) is -0.194. The number of carbonyl (C=O) groups excluding carboxylic acids is 1. The van der Waals surface area contributed by atoms with Crippen molar-refractivity contribution in [2.24, 2.45) is 0 Å². The van der Waals surface area contributed by atoms with E-state index in [0.717, 1.165) is 18.4 Å². The highest BCUT2D eigenvalue weighted by Crippen LogP contribution is 2.32. The van der Waals surface area contributed by atoms with Crippen LogP contribution in [0.15, 0.2) is 42.7 Å². The van der Waals surface area contributed by atoms with E-state index in [1.165, 1.54) is 6.07 Å². The highest BCUT2D eigenvalue weighted by molar-refractivity contribution is 5.96. The number of aromatic nitrogens is 1. The second-order valence-corrected chi connectivity index (χ2v) is 6.43. The topological polar surface area (TPSA) is 97.6 Å². The van der Waals surface area contributed by atoms with Gasteiger partial charge in [0.1, 0.15) is 5.69 Å². The third kappa shape index (κ3) is 4.79. The van der Waals surface area contributed by atoms with Crippen LogP contribution in [0.5, 0.6) is 0 Å². The van der Waals surface area contributed by atoms with Crippen molar-refractivity contribution in [2.75, 3.05) is 25.6 Å². The van der Waals surface area contributed by atoms with Gasteiger partial charge in [-0.2, -0.15) is 0 Å². The Kier molecular flexibility index (Phi) is 5.97. The Morgan fingerprint density at radius 3 is 2.70 bits per heavy atom. The molecule has 8 heteroatoms. The number of benzene rings is 1. The third-order valence-electron chi connectivity index (χ3n) is 4.41. The molecular weight excluding hydrogens is 348 g/mol. The van der Waals surface area contributed by atoms with Crippen LogP contribution in [0.1, 0.15) is 28.8 Å². The Labute approximate surface area is 157 Å². The fraction of sp³-hybridized carbons (Fsp3) is 0.368. The number of carbonyl (C=O) groups is 1. The van der Waals surface area contributed by atoms with Crippen molar-refractivity contribution in [3.63, 3.8) is 0 Å². The van der Waals surface area contributed by atoms with Crippen LogP contribution in [-0.4, -0.2) is 47.0 Å². The molecule has 1 aliphatic carbocycles. The molecule has 0 saturated heterocycles. The average molecular weight is 370 g/mol. The maximum absolute atomic E-state index is 13.0. The fourth-order valence-corrected chi connectivity index (χ4v) is 2.86. The number of nitro benzene ring substituents is 1. The number of methoxy groups -OCH3 is 1. The summed E-state index contributed by atoms with van der Waals surface area (Å²) in [4.78, 5) is 29.8. The van der Waals surface area contributed by atoms with E-state index in [-0.39, 0.29) is 17.6 Å². The maximum atomic E-state index is 13.0. The van der Waals surface area contributed by atoms with Crippen molar-refractivity contribution < 1.29 is 14.5 Å². The van der Waals surface area contributed by atoms with E-state index >= 15 is 0 Å². The van der Waals surface area contributed by atoms with Gasteiger partial charge in [0.15, 0.2) is 0 Å². The standard InChI is InChI=1S/C19H22N4O4/c1-27-11-10-21-17-5-2-15(12-18(17)23(25)26)19(24)22(16-3-4-16)13-14-6-8-20-9-7-14/h2,5-9,12,16,21H,3-4,10-11,13H2,1H3. The van der Waals surface area contributed by atoms with E-state index < -0.39 is 4.92 Å². The van der Waals surface area contributed by atoms with E-state index in [1.807, 2.05) is 12.1 Å². The number of hydrogen-bond acceptors (Lipinski definition) is 6. The largest absolute Gasteiger partial charge is 0.383 e. The van der Waals surface area contributed by atoms with Gasteiger partial charge in [-0.15, -0.1) is 0 Å². The van der Waals surface area contributed by atoms with Crippen molar-refractivity contribution in [1.82, 2.24) is 9.88 Å². The zero-order valence-electron chi connectivity index (χ0n) is 15.1. The van der Waals surface area contributed by atoms with Crippen LogP contribution >= 0.6 is 0 Å². The number of amides is 1. The molecule has 0 unspecified atom stereocenters. The summed E-state index contributed by atoms with van der Waals surface area (Å²) in [6.07, 6.45) is 5.29. The summed E-state index contributed by atoms with van der Waals surface area (Å²) in [6, 6.07) is 8.48. The smallest absolute Gasteiger partial charge is 0.293 e. The van der Waals surface area contributed by atoms with Gasteiger partial charge >= 0.3 is 0 Å². The molecule has 27 heavy (non-hydrogen) atoms. The predicted molar refractivity (Wildman–Crippen MR) is 101 cm³/mol. The lowest BCUT2D eigenvalue weighted by Crippen LogP contribution is -2.32. The molecular formula is C19H22N4O4. The van der Waals surface area contributed by atoms with E-state index in [1.54, 1.807) is 36.5 Å². The molecule has 1 heterocycles. The summed E-state index contributed by atoms with van der Waals surface area (Å²) >= 11 is 0. The number of rotatable bonds is 9. The van der Waals surface area contributed by atoms with E-state index in [4.69, 9.17) is 4.74 Å². The first-order chi connectivity index (χ1) is 13.1. The highest BCUT2D eigenvalue weighted by atomic mass is 16.6. The Balaban J connectivity index is 1.81. The second kappa shape index (κ2) is 8.59. The van der Waals surface area contributed by atoms with Crippen molar-refractivity contribution in [3.05, 3.63) is 64.0 Å². The summed E-state index contributed by atoms with van der Waals surface area (Å²) < 4.78 is 4.95. The molecule has 1 aromatic carbocycles. The Morgan fingerprint density at radius 1 is 1.33 bits per heavy atom. The molecule has 1 N–H and O–H groups in total. The number of anilines is 1. The monoisotopic (exact) mass is 370 g/mol. The molecule has 1 fully saturated rings. The second-order valence-electron chi connectivity index (χ2n) is 6.43. The first kappa shape index (κ1) is 18.8. The van der Waals surface area contributed by atoms with E-state index in [2.05, 4.69) is 10.3 Å². The third-order valence-corrected chi connectivity index (χ3v) is 4.41. The minimum absolute atomic E-state index is 0.114. The van der Waals surface area contributed by atoms with Crippen molar-refractivity contribution in [1.29, 1.82) is 0 Å². The van der Waals surface area contributed by atoms with Gasteiger partial charge in [0.05, 0.1) is 11.5 Å². The van der Waals surface area contributed by atoms with Crippen LogP contribution in [0.3, 0.4) is 0 Å². The lowest BCUT2D eigenvalue weighted by molar-refractivity contribution is -0.384. The molecule has 3 rings (SSSR count). The summed E-state index contributed by atoms with van der Waals surface area (Å²) in [7, 11) is 1.56. The first-order valence-electron chi connectivity index (χ1n) is 8.81. The van der Waals surface area contributed by atoms with Gasteiger partial charge in [-0.05, 0) is 42.7 Å². The Hall–Kier alpha value is -3.00. The molecule has 1 amide bonds. The molecule has 8 nitrogen and oxygen atoms in total. The normalized spacial score (nSPS) is 13.2. The van der Waals surface area contributed by atoms with Crippen molar-refractivity contribution >= 4 is 17.3 Å². The van der Waals surface area contributed by atoms with Gasteiger partial charge in [0, 0.05) is 50.3 Å². The average Bonchev–Trinajstić information content (AvgIpc) is 3.52. The molecule has 1 saturated carbocycles. The van der Waals surface area contributed by atoms with Crippen LogP contribution in [0, 0.1) is 10.1 Å². The van der Waals surface area contributed by atoms with Gasteiger partial charge in [-0.3, -0.25) is 19.9 Å². The molecule has 1 aliphatic rings. The first-order valence-corrected chi connectivity index (χ1v) is 8.81. The van der Waals surface area contributed by atoms with Crippen molar-refractivity contribution in [3.8, 4) is 0 Å².